The van der Waals surface area contributed by atoms with Gasteiger partial charge in [-0.15, -0.1) is 0 Å². The molecule has 1 aliphatic heterocycles. The first-order chi connectivity index (χ1) is 13.7. The van der Waals surface area contributed by atoms with Gasteiger partial charge < -0.3 is 24.6 Å². The fraction of sp³-hybridized carbons (Fsp3) is 0.917. The zero-order chi connectivity index (χ0) is 20.9. The molecule has 1 spiro atoms. The van der Waals surface area contributed by atoms with Gasteiger partial charge >= 0.3 is 0 Å². The lowest BCUT2D eigenvalue weighted by Crippen LogP contribution is -2.57. The van der Waals surface area contributed by atoms with Crippen LogP contribution in [-0.4, -0.2) is 67.0 Å². The van der Waals surface area contributed by atoms with Crippen LogP contribution in [0.2, 0.25) is 0 Å². The van der Waals surface area contributed by atoms with Crippen LogP contribution in [0.5, 0.6) is 0 Å². The highest BCUT2D eigenvalue weighted by molar-refractivity contribution is 5.13. The molecule has 0 aromatic heterocycles. The van der Waals surface area contributed by atoms with Crippen molar-refractivity contribution in [1.29, 1.82) is 0 Å². The highest BCUT2D eigenvalue weighted by atomic mass is 16.7. The Balaban J connectivity index is 1.56. The third-order valence-corrected chi connectivity index (χ3v) is 9.10. The van der Waals surface area contributed by atoms with Gasteiger partial charge in [0.2, 0.25) is 0 Å². The highest BCUT2D eigenvalue weighted by Crippen LogP contribution is 2.64. The molecule has 0 amide bonds. The number of ether oxygens (including phenoxy) is 2. The van der Waals surface area contributed by atoms with Crippen LogP contribution in [-0.2, 0) is 9.47 Å². The average Bonchev–Trinajstić information content (AvgIpc) is 3.25. The molecule has 166 valence electrons. The van der Waals surface area contributed by atoms with E-state index in [0.29, 0.717) is 19.1 Å². The van der Waals surface area contributed by atoms with Gasteiger partial charge in [0.25, 0.3) is 0 Å². The zero-order valence-corrected chi connectivity index (χ0v) is 18.8. The van der Waals surface area contributed by atoms with Gasteiger partial charge in [0, 0.05) is 18.4 Å². The van der Waals surface area contributed by atoms with E-state index in [1.165, 1.54) is 0 Å². The van der Waals surface area contributed by atoms with E-state index in [-0.39, 0.29) is 34.9 Å². The van der Waals surface area contributed by atoms with Crippen molar-refractivity contribution >= 4 is 0 Å². The van der Waals surface area contributed by atoms with Gasteiger partial charge in [-0.2, -0.15) is 0 Å². The topological polar surface area (TPSA) is 62.2 Å². The van der Waals surface area contributed by atoms with Gasteiger partial charge in [0.05, 0.1) is 25.4 Å². The molecule has 3 aliphatic carbocycles. The molecule has 1 heterocycles. The average molecular weight is 408 g/mol. The molecule has 0 radical (unpaired) electrons. The third-order valence-electron chi connectivity index (χ3n) is 9.10. The van der Waals surface area contributed by atoms with Gasteiger partial charge in [-0.1, -0.05) is 26.0 Å². The molecule has 5 nitrogen and oxygen atoms in total. The third kappa shape index (κ3) is 3.51. The van der Waals surface area contributed by atoms with Crippen molar-refractivity contribution in [3.63, 3.8) is 0 Å². The SMILES string of the molecule is CN(C)C/C=C\[C@H]1C[C@@H](O)CC[C@]1(C)C1CC[C@@]2(C)C(CCC23OCCO3)[C@@H]1O. The summed E-state index contributed by atoms with van der Waals surface area (Å²) in [7, 11) is 4.15. The number of fused-ring (bicyclic) bond motifs is 2. The van der Waals surface area contributed by atoms with E-state index in [9.17, 15) is 10.2 Å². The summed E-state index contributed by atoms with van der Waals surface area (Å²) in [5.41, 5.74) is -0.0733. The Hall–Kier alpha value is -0.460. The minimum Gasteiger partial charge on any atom is -0.393 e. The summed E-state index contributed by atoms with van der Waals surface area (Å²) < 4.78 is 12.3. The second-order valence-electron chi connectivity index (χ2n) is 10.9. The lowest BCUT2D eigenvalue weighted by atomic mass is 9.51. The first kappa shape index (κ1) is 21.8. The van der Waals surface area contributed by atoms with E-state index in [4.69, 9.17) is 9.47 Å². The van der Waals surface area contributed by atoms with Crippen LogP contribution >= 0.6 is 0 Å². The Kier molecular flexibility index (Phi) is 5.93. The Morgan fingerprint density at radius 1 is 0.966 bits per heavy atom. The molecule has 4 aliphatic rings. The van der Waals surface area contributed by atoms with Crippen molar-refractivity contribution in [2.24, 2.45) is 28.6 Å². The van der Waals surface area contributed by atoms with Crippen molar-refractivity contribution in [3.05, 3.63) is 12.2 Å². The number of allylic oxidation sites excluding steroid dienone is 1. The molecule has 7 atom stereocenters. The molecule has 4 rings (SSSR count). The van der Waals surface area contributed by atoms with Crippen molar-refractivity contribution in [2.45, 2.75) is 76.8 Å². The Labute approximate surface area is 176 Å². The molecule has 29 heavy (non-hydrogen) atoms. The summed E-state index contributed by atoms with van der Waals surface area (Å²) in [4.78, 5) is 2.16. The van der Waals surface area contributed by atoms with Gasteiger partial charge in [0.15, 0.2) is 5.79 Å². The molecule has 2 unspecified atom stereocenters. The maximum atomic E-state index is 11.7. The summed E-state index contributed by atoms with van der Waals surface area (Å²) in [6, 6.07) is 0. The normalized spacial score (nSPS) is 47.3. The van der Waals surface area contributed by atoms with E-state index >= 15 is 0 Å². The molecule has 2 N–H and O–H groups in total. The zero-order valence-electron chi connectivity index (χ0n) is 18.8. The number of nitrogens with zero attached hydrogens (tertiary/aromatic N) is 1. The molecule has 0 aromatic carbocycles. The van der Waals surface area contributed by atoms with Crippen molar-refractivity contribution in [2.75, 3.05) is 33.9 Å². The molecule has 0 aromatic rings. The summed E-state index contributed by atoms with van der Waals surface area (Å²) in [5.74, 6) is 0.329. The summed E-state index contributed by atoms with van der Waals surface area (Å²) >= 11 is 0. The van der Waals surface area contributed by atoms with Gasteiger partial charge in [-0.3, -0.25) is 0 Å². The fourth-order valence-electron chi connectivity index (χ4n) is 7.25. The smallest absolute Gasteiger partial charge is 0.174 e. The molecular weight excluding hydrogens is 366 g/mol. The predicted molar refractivity (Wildman–Crippen MR) is 113 cm³/mol. The van der Waals surface area contributed by atoms with Crippen LogP contribution in [0.25, 0.3) is 0 Å². The number of hydrogen-bond acceptors (Lipinski definition) is 5. The predicted octanol–water partition coefficient (Wildman–Crippen LogP) is 3.20. The van der Waals surface area contributed by atoms with Gasteiger partial charge in [-0.25, -0.2) is 0 Å². The second-order valence-corrected chi connectivity index (χ2v) is 10.9. The number of likely N-dealkylation sites (N-methyl/N-ethyl adjacent to an activating group) is 1. The highest BCUT2D eigenvalue weighted by Gasteiger charge is 2.66. The Bertz CT molecular complexity index is 616. The number of aliphatic hydroxyl groups excluding tert-OH is 2. The van der Waals surface area contributed by atoms with E-state index in [0.717, 1.165) is 51.5 Å². The van der Waals surface area contributed by atoms with E-state index in [2.05, 4.69) is 45.0 Å². The molecule has 4 fully saturated rings. The summed E-state index contributed by atoms with van der Waals surface area (Å²) in [5, 5.41) is 22.0. The quantitative estimate of drug-likeness (QED) is 0.701. The van der Waals surface area contributed by atoms with Crippen molar-refractivity contribution in [3.8, 4) is 0 Å². The second kappa shape index (κ2) is 7.90. The van der Waals surface area contributed by atoms with Gasteiger partial charge in [-0.05, 0) is 75.8 Å². The first-order valence-electron chi connectivity index (χ1n) is 11.7. The minimum atomic E-state index is -0.474. The van der Waals surface area contributed by atoms with Crippen LogP contribution in [0.15, 0.2) is 12.2 Å². The number of aliphatic hydroxyl groups is 2. The summed E-state index contributed by atoms with van der Waals surface area (Å²) in [6.07, 6.45) is 10.6. The van der Waals surface area contributed by atoms with Crippen LogP contribution in [0.1, 0.15) is 58.8 Å². The van der Waals surface area contributed by atoms with Crippen molar-refractivity contribution in [1.82, 2.24) is 4.90 Å². The van der Waals surface area contributed by atoms with Crippen LogP contribution in [0.4, 0.5) is 0 Å². The standard InChI is InChI=1S/C24H41NO4/c1-22(10-7-18(26)16-17(22)6-5-13-25(3)4)19-8-11-23(2)20(21(19)27)9-12-24(23)28-14-15-29-24/h5-6,17-21,26-27H,7-16H2,1-4H3/b6-5-/t17-,18-,19?,20?,21+,22-,23-/m0/s1. The van der Waals surface area contributed by atoms with Crippen LogP contribution in [0.3, 0.4) is 0 Å². The first-order valence-corrected chi connectivity index (χ1v) is 11.7. The van der Waals surface area contributed by atoms with E-state index in [1.54, 1.807) is 0 Å². The van der Waals surface area contributed by atoms with Crippen molar-refractivity contribution < 1.29 is 19.7 Å². The van der Waals surface area contributed by atoms with E-state index < -0.39 is 5.79 Å². The lowest BCUT2D eigenvalue weighted by molar-refractivity contribution is -0.249. The number of rotatable bonds is 4. The number of hydrogen-bond donors (Lipinski definition) is 2. The largest absolute Gasteiger partial charge is 0.393 e. The van der Waals surface area contributed by atoms with Crippen LogP contribution < -0.4 is 0 Å². The summed E-state index contributed by atoms with van der Waals surface area (Å²) in [6.45, 7) is 6.92. The molecule has 1 saturated heterocycles. The van der Waals surface area contributed by atoms with Gasteiger partial charge in [0.1, 0.15) is 0 Å². The fourth-order valence-corrected chi connectivity index (χ4v) is 7.25. The van der Waals surface area contributed by atoms with Crippen LogP contribution in [0, 0.1) is 28.6 Å². The maximum Gasteiger partial charge on any atom is 0.174 e. The monoisotopic (exact) mass is 407 g/mol. The lowest BCUT2D eigenvalue weighted by Gasteiger charge is -2.56. The molecule has 5 heteroatoms. The maximum absolute atomic E-state index is 11.7. The Morgan fingerprint density at radius 3 is 2.34 bits per heavy atom. The minimum absolute atomic E-state index is 0.0237. The Morgan fingerprint density at radius 2 is 1.66 bits per heavy atom. The molecule has 3 saturated carbocycles. The molecule has 0 bridgehead atoms. The molecular formula is C24H41NO4. The van der Waals surface area contributed by atoms with E-state index in [1.807, 2.05) is 0 Å².